The summed E-state index contributed by atoms with van der Waals surface area (Å²) in [5.74, 6) is 0. The van der Waals surface area contributed by atoms with Gasteiger partial charge >= 0.3 is 0 Å². The van der Waals surface area contributed by atoms with Crippen LogP contribution in [0.15, 0.2) is 47.4 Å². The number of H-pyrrole nitrogens is 1. The van der Waals surface area contributed by atoms with Crippen LogP contribution in [0.25, 0.3) is 33.2 Å². The number of hydrogen-bond donors (Lipinski definition) is 2. The Morgan fingerprint density at radius 2 is 1.85 bits per heavy atom. The number of fused-ring (bicyclic) bond motifs is 1. The summed E-state index contributed by atoms with van der Waals surface area (Å²) in [5, 5.41) is 13.2. The molecule has 0 atom stereocenters. The van der Waals surface area contributed by atoms with Crippen LogP contribution in [0, 0.1) is 0 Å². The van der Waals surface area contributed by atoms with Crippen LogP contribution in [-0.2, 0) is 13.6 Å². The zero-order chi connectivity index (χ0) is 19.1. The molecule has 2 aromatic carbocycles. The van der Waals surface area contributed by atoms with Crippen LogP contribution in [0.3, 0.4) is 0 Å². The summed E-state index contributed by atoms with van der Waals surface area (Å²) >= 11 is 12.2. The van der Waals surface area contributed by atoms with Crippen molar-refractivity contribution in [1.82, 2.24) is 20.0 Å². The van der Waals surface area contributed by atoms with Gasteiger partial charge in [0.2, 0.25) is 0 Å². The first kappa shape index (κ1) is 17.7. The molecule has 0 fully saturated rings. The third kappa shape index (κ3) is 3.02. The van der Waals surface area contributed by atoms with Gasteiger partial charge < -0.3 is 5.73 Å². The topological polar surface area (TPSA) is 89.6 Å². The lowest BCUT2D eigenvalue weighted by atomic mass is 9.98. The first-order valence-corrected chi connectivity index (χ1v) is 8.94. The summed E-state index contributed by atoms with van der Waals surface area (Å²) in [7, 11) is 1.86. The van der Waals surface area contributed by atoms with Crippen LogP contribution < -0.4 is 11.3 Å². The average molecular weight is 400 g/mol. The quantitative estimate of drug-likeness (QED) is 0.548. The molecule has 6 nitrogen and oxygen atoms in total. The minimum atomic E-state index is -0.246. The first-order chi connectivity index (χ1) is 13.0. The Bertz CT molecular complexity index is 1230. The van der Waals surface area contributed by atoms with E-state index in [0.29, 0.717) is 21.1 Å². The van der Waals surface area contributed by atoms with E-state index in [4.69, 9.17) is 28.9 Å². The smallest absolute Gasteiger partial charge is 0.272 e. The molecule has 2 aromatic heterocycles. The van der Waals surface area contributed by atoms with E-state index in [1.165, 1.54) is 0 Å². The second-order valence-corrected chi connectivity index (χ2v) is 6.94. The van der Waals surface area contributed by atoms with Crippen molar-refractivity contribution in [3.8, 4) is 22.4 Å². The van der Waals surface area contributed by atoms with Crippen molar-refractivity contribution in [2.24, 2.45) is 12.8 Å². The van der Waals surface area contributed by atoms with Gasteiger partial charge in [0.15, 0.2) is 0 Å². The summed E-state index contributed by atoms with van der Waals surface area (Å²) < 4.78 is 1.78. The molecule has 2 heterocycles. The molecule has 4 aromatic rings. The van der Waals surface area contributed by atoms with Gasteiger partial charge in [-0.3, -0.25) is 9.48 Å². The predicted octanol–water partition coefficient (Wildman–Crippen LogP) is 3.76. The highest BCUT2D eigenvalue weighted by molar-refractivity contribution is 6.42. The number of nitrogens with zero attached hydrogens (tertiary/aromatic N) is 3. The van der Waals surface area contributed by atoms with Crippen LogP contribution in [0.2, 0.25) is 10.0 Å². The fraction of sp³-hybridized carbons (Fsp3) is 0.105. The van der Waals surface area contributed by atoms with Crippen molar-refractivity contribution in [1.29, 1.82) is 0 Å². The molecule has 0 radical (unpaired) electrons. The summed E-state index contributed by atoms with van der Waals surface area (Å²) in [6.07, 6.45) is 1.78. The van der Waals surface area contributed by atoms with Crippen molar-refractivity contribution >= 4 is 34.0 Å². The standard InChI is InChI=1S/C19H15Cl2N5O/c1-26-18(11-3-5-15(20)16(21)7-11)14(9-23-26)10-2-4-12-13(6-10)17(8-22)24-25-19(12)27/h2-7,9H,8,22H2,1H3,(H,25,27). The molecule has 27 heavy (non-hydrogen) atoms. The summed E-state index contributed by atoms with van der Waals surface area (Å²) in [5.41, 5.74) is 9.75. The molecule has 3 N–H and O–H groups in total. The largest absolute Gasteiger partial charge is 0.325 e. The summed E-state index contributed by atoms with van der Waals surface area (Å²) in [4.78, 5) is 12.1. The lowest BCUT2D eigenvalue weighted by Gasteiger charge is -2.10. The monoisotopic (exact) mass is 399 g/mol. The van der Waals surface area contributed by atoms with E-state index in [9.17, 15) is 4.79 Å². The van der Waals surface area contributed by atoms with E-state index >= 15 is 0 Å². The number of aromatic nitrogens is 4. The third-order valence-corrected chi connectivity index (χ3v) is 5.24. The summed E-state index contributed by atoms with van der Waals surface area (Å²) in [6, 6.07) is 11.0. The highest BCUT2D eigenvalue weighted by Crippen LogP contribution is 2.35. The van der Waals surface area contributed by atoms with E-state index in [2.05, 4.69) is 15.3 Å². The Morgan fingerprint density at radius 3 is 2.59 bits per heavy atom. The van der Waals surface area contributed by atoms with Crippen molar-refractivity contribution in [2.45, 2.75) is 6.54 Å². The zero-order valence-electron chi connectivity index (χ0n) is 14.3. The van der Waals surface area contributed by atoms with Gasteiger partial charge in [-0.1, -0.05) is 35.3 Å². The van der Waals surface area contributed by atoms with Crippen LogP contribution in [0.4, 0.5) is 0 Å². The fourth-order valence-corrected chi connectivity index (χ4v) is 3.48. The SMILES string of the molecule is Cn1ncc(-c2ccc3c(=O)[nH]nc(CN)c3c2)c1-c1ccc(Cl)c(Cl)c1. The molecule has 0 amide bonds. The molecule has 0 saturated carbocycles. The number of rotatable bonds is 3. The Labute approximate surface area is 164 Å². The molecule has 0 aliphatic rings. The van der Waals surface area contributed by atoms with Gasteiger partial charge in [0.1, 0.15) is 0 Å². The molecule has 8 heteroatoms. The Morgan fingerprint density at radius 1 is 1.07 bits per heavy atom. The zero-order valence-corrected chi connectivity index (χ0v) is 15.8. The Kier molecular flexibility index (Phi) is 4.47. The van der Waals surface area contributed by atoms with E-state index in [0.717, 1.165) is 27.8 Å². The van der Waals surface area contributed by atoms with E-state index < -0.39 is 0 Å². The fourth-order valence-electron chi connectivity index (χ4n) is 3.18. The molecule has 4 rings (SSSR count). The number of nitrogens with two attached hydrogens (primary N) is 1. The minimum absolute atomic E-state index is 0.226. The van der Waals surface area contributed by atoms with E-state index in [-0.39, 0.29) is 12.1 Å². The first-order valence-electron chi connectivity index (χ1n) is 8.18. The molecular weight excluding hydrogens is 385 g/mol. The molecule has 0 spiro atoms. The van der Waals surface area contributed by atoms with Crippen molar-refractivity contribution in [3.05, 3.63) is 68.7 Å². The Balaban J connectivity index is 1.95. The lowest BCUT2D eigenvalue weighted by Crippen LogP contribution is -2.13. The number of aromatic amines is 1. The summed E-state index contributed by atoms with van der Waals surface area (Å²) in [6.45, 7) is 0.226. The number of halogens is 2. The Hall–Kier alpha value is -2.67. The van der Waals surface area contributed by atoms with Crippen molar-refractivity contribution in [2.75, 3.05) is 0 Å². The van der Waals surface area contributed by atoms with Gasteiger partial charge in [-0.05, 0) is 29.8 Å². The molecule has 0 unspecified atom stereocenters. The van der Waals surface area contributed by atoms with Crippen LogP contribution in [0.1, 0.15) is 5.69 Å². The molecule has 0 saturated heterocycles. The van der Waals surface area contributed by atoms with E-state index in [1.54, 1.807) is 23.0 Å². The molecule has 0 aliphatic carbocycles. The van der Waals surface area contributed by atoms with Gasteiger partial charge in [0.25, 0.3) is 5.56 Å². The molecule has 136 valence electrons. The predicted molar refractivity (Wildman–Crippen MR) is 108 cm³/mol. The van der Waals surface area contributed by atoms with Gasteiger partial charge in [-0.25, -0.2) is 5.10 Å². The highest BCUT2D eigenvalue weighted by Gasteiger charge is 2.16. The van der Waals surface area contributed by atoms with E-state index in [1.807, 2.05) is 31.3 Å². The third-order valence-electron chi connectivity index (χ3n) is 4.50. The van der Waals surface area contributed by atoms with Gasteiger partial charge in [-0.2, -0.15) is 10.2 Å². The number of aryl methyl sites for hydroxylation is 1. The maximum atomic E-state index is 12.1. The van der Waals surface area contributed by atoms with Crippen LogP contribution in [0.5, 0.6) is 0 Å². The number of benzene rings is 2. The van der Waals surface area contributed by atoms with Crippen molar-refractivity contribution in [3.63, 3.8) is 0 Å². The second kappa shape index (κ2) is 6.81. The average Bonchev–Trinajstić information content (AvgIpc) is 3.05. The number of nitrogens with one attached hydrogen (secondary N) is 1. The highest BCUT2D eigenvalue weighted by atomic mass is 35.5. The van der Waals surface area contributed by atoms with Crippen LogP contribution in [-0.4, -0.2) is 20.0 Å². The molecular formula is C19H15Cl2N5O. The van der Waals surface area contributed by atoms with Crippen LogP contribution >= 0.6 is 23.2 Å². The van der Waals surface area contributed by atoms with Gasteiger partial charge in [-0.15, -0.1) is 0 Å². The minimum Gasteiger partial charge on any atom is -0.325 e. The van der Waals surface area contributed by atoms with Gasteiger partial charge in [0, 0.05) is 30.1 Å². The maximum Gasteiger partial charge on any atom is 0.272 e. The maximum absolute atomic E-state index is 12.1. The lowest BCUT2D eigenvalue weighted by molar-refractivity contribution is 0.776. The second-order valence-electron chi connectivity index (χ2n) is 6.12. The number of hydrogen-bond acceptors (Lipinski definition) is 4. The molecule has 0 bridgehead atoms. The van der Waals surface area contributed by atoms with Crippen molar-refractivity contribution < 1.29 is 0 Å². The normalized spacial score (nSPS) is 11.3. The molecule has 0 aliphatic heterocycles. The van der Waals surface area contributed by atoms with Gasteiger partial charge in [0.05, 0.1) is 33.0 Å².